The van der Waals surface area contributed by atoms with Crippen LogP contribution in [0.2, 0.25) is 0 Å². The van der Waals surface area contributed by atoms with Crippen molar-refractivity contribution in [1.29, 1.82) is 0 Å². The maximum atomic E-state index is 12.6. The lowest BCUT2D eigenvalue weighted by Crippen LogP contribution is -2.47. The third-order valence-corrected chi connectivity index (χ3v) is 5.62. The first-order chi connectivity index (χ1) is 13.8. The summed E-state index contributed by atoms with van der Waals surface area (Å²) in [7, 11) is 1.69. The van der Waals surface area contributed by atoms with E-state index in [4.69, 9.17) is 4.74 Å². The molecule has 2 aliphatic rings. The molecular formula is C21H31F3N4O. The van der Waals surface area contributed by atoms with Crippen LogP contribution in [0.3, 0.4) is 0 Å². The van der Waals surface area contributed by atoms with Gasteiger partial charge in [-0.2, -0.15) is 13.2 Å². The van der Waals surface area contributed by atoms with E-state index in [0.29, 0.717) is 37.9 Å². The average molecular weight is 413 g/mol. The predicted molar refractivity (Wildman–Crippen MR) is 108 cm³/mol. The van der Waals surface area contributed by atoms with Gasteiger partial charge in [0, 0.05) is 45.2 Å². The molecule has 2 fully saturated rings. The van der Waals surface area contributed by atoms with Gasteiger partial charge >= 0.3 is 6.18 Å². The predicted octanol–water partition coefficient (Wildman–Crippen LogP) is 3.26. The Morgan fingerprint density at radius 1 is 1.24 bits per heavy atom. The molecule has 0 saturated carbocycles. The van der Waals surface area contributed by atoms with E-state index in [2.05, 4.69) is 46.8 Å². The van der Waals surface area contributed by atoms with Gasteiger partial charge in [-0.15, -0.1) is 0 Å². The number of aryl methyl sites for hydroxylation is 1. The topological polar surface area (TPSA) is 48.9 Å². The van der Waals surface area contributed by atoms with Crippen molar-refractivity contribution in [2.24, 2.45) is 10.9 Å². The molecule has 2 saturated heterocycles. The number of rotatable bonds is 5. The number of alkyl halides is 3. The number of halogens is 3. The van der Waals surface area contributed by atoms with E-state index >= 15 is 0 Å². The summed E-state index contributed by atoms with van der Waals surface area (Å²) in [6.45, 7) is 3.50. The number of benzene rings is 1. The van der Waals surface area contributed by atoms with Gasteiger partial charge in [-0.25, -0.2) is 0 Å². The second-order valence-electron chi connectivity index (χ2n) is 8.04. The zero-order valence-electron chi connectivity index (χ0n) is 17.1. The molecule has 162 valence electrons. The van der Waals surface area contributed by atoms with E-state index in [1.165, 1.54) is 16.0 Å². The molecule has 29 heavy (non-hydrogen) atoms. The molecule has 0 aromatic heterocycles. The number of nitrogens with one attached hydrogen (secondary N) is 2. The molecule has 8 heteroatoms. The molecule has 0 bridgehead atoms. The van der Waals surface area contributed by atoms with Gasteiger partial charge < -0.3 is 15.4 Å². The summed E-state index contributed by atoms with van der Waals surface area (Å²) in [6.07, 6.45) is -1.35. The van der Waals surface area contributed by atoms with Gasteiger partial charge in [0.15, 0.2) is 5.96 Å². The number of guanidine groups is 1. The third-order valence-electron chi connectivity index (χ3n) is 5.62. The number of aliphatic imine (C=N–C) groups is 1. The Bertz CT molecular complexity index is 677. The van der Waals surface area contributed by atoms with E-state index < -0.39 is 12.7 Å². The summed E-state index contributed by atoms with van der Waals surface area (Å²) < 4.78 is 43.8. The molecule has 0 aliphatic carbocycles. The number of nitrogens with zero attached hydrogens (tertiary/aromatic N) is 2. The lowest BCUT2D eigenvalue weighted by Gasteiger charge is -2.33. The van der Waals surface area contributed by atoms with Crippen molar-refractivity contribution in [2.45, 2.75) is 44.5 Å². The number of hydrogen-bond donors (Lipinski definition) is 2. The summed E-state index contributed by atoms with van der Waals surface area (Å²) >= 11 is 0. The molecule has 1 aromatic rings. The molecule has 0 radical (unpaired) electrons. The number of hydrogen-bond acceptors (Lipinski definition) is 3. The van der Waals surface area contributed by atoms with Crippen molar-refractivity contribution >= 4 is 5.96 Å². The summed E-state index contributed by atoms with van der Waals surface area (Å²) in [4.78, 5) is 5.70. The summed E-state index contributed by atoms with van der Waals surface area (Å²) in [5, 5.41) is 6.63. The minimum atomic E-state index is -4.15. The standard InChI is InChI=1S/C21H31F3N4O/c1-15-5-7-16(8-6-15)19-17(4-3-11-29-19)12-26-20(25-2)27-18-9-10-28(13-18)14-21(22,23)24/h5-8,17-19H,3-4,9-14H2,1-2H3,(H2,25,26,27). The molecule has 2 N–H and O–H groups in total. The highest BCUT2D eigenvalue weighted by atomic mass is 19.4. The first-order valence-corrected chi connectivity index (χ1v) is 10.3. The van der Waals surface area contributed by atoms with Gasteiger partial charge in [0.1, 0.15) is 0 Å². The minimum Gasteiger partial charge on any atom is -0.373 e. The van der Waals surface area contributed by atoms with Crippen molar-refractivity contribution in [1.82, 2.24) is 15.5 Å². The number of ether oxygens (including phenoxy) is 1. The van der Waals surface area contributed by atoms with Crippen LogP contribution in [0.15, 0.2) is 29.3 Å². The SMILES string of the molecule is CN=C(NCC1CCCOC1c1ccc(C)cc1)NC1CCN(CC(F)(F)F)C1. The lowest BCUT2D eigenvalue weighted by atomic mass is 9.89. The second-order valence-corrected chi connectivity index (χ2v) is 8.04. The van der Waals surface area contributed by atoms with Crippen molar-refractivity contribution in [2.75, 3.05) is 39.8 Å². The zero-order valence-corrected chi connectivity index (χ0v) is 17.1. The quantitative estimate of drug-likeness (QED) is 0.576. The Morgan fingerprint density at radius 2 is 2.00 bits per heavy atom. The molecule has 5 nitrogen and oxygen atoms in total. The van der Waals surface area contributed by atoms with Gasteiger partial charge in [0.05, 0.1) is 12.6 Å². The van der Waals surface area contributed by atoms with Crippen molar-refractivity contribution in [3.63, 3.8) is 0 Å². The van der Waals surface area contributed by atoms with Gasteiger partial charge in [-0.1, -0.05) is 29.8 Å². The Labute approximate surface area is 170 Å². The highest BCUT2D eigenvalue weighted by molar-refractivity contribution is 5.80. The van der Waals surface area contributed by atoms with E-state index in [1.807, 2.05) is 0 Å². The second kappa shape index (κ2) is 9.80. The largest absolute Gasteiger partial charge is 0.401 e. The summed E-state index contributed by atoms with van der Waals surface area (Å²) in [5.74, 6) is 0.951. The molecule has 0 spiro atoms. The molecular weight excluding hydrogens is 381 g/mol. The van der Waals surface area contributed by atoms with Crippen molar-refractivity contribution < 1.29 is 17.9 Å². The van der Waals surface area contributed by atoms with Crippen molar-refractivity contribution in [3.8, 4) is 0 Å². The molecule has 1 aromatic carbocycles. The molecule has 0 amide bonds. The Balaban J connectivity index is 1.51. The van der Waals surface area contributed by atoms with E-state index in [9.17, 15) is 13.2 Å². The van der Waals surface area contributed by atoms with E-state index in [1.54, 1.807) is 7.05 Å². The van der Waals surface area contributed by atoms with E-state index in [0.717, 1.165) is 19.4 Å². The summed E-state index contributed by atoms with van der Waals surface area (Å²) in [6, 6.07) is 8.42. The third kappa shape index (κ3) is 6.60. The highest BCUT2D eigenvalue weighted by Gasteiger charge is 2.34. The van der Waals surface area contributed by atoms with Crippen LogP contribution in [0.4, 0.5) is 13.2 Å². The van der Waals surface area contributed by atoms with Crippen LogP contribution in [0.1, 0.15) is 36.5 Å². The van der Waals surface area contributed by atoms with Gasteiger partial charge in [0.2, 0.25) is 0 Å². The molecule has 3 rings (SSSR count). The van der Waals surface area contributed by atoms with E-state index in [-0.39, 0.29) is 12.1 Å². The molecule has 3 unspecified atom stereocenters. The average Bonchev–Trinajstić information content (AvgIpc) is 3.11. The minimum absolute atomic E-state index is 0.0287. The number of likely N-dealkylation sites (tertiary alicyclic amines) is 1. The Hall–Kier alpha value is -1.80. The van der Waals surface area contributed by atoms with Crippen LogP contribution < -0.4 is 10.6 Å². The van der Waals surface area contributed by atoms with Gasteiger partial charge in [-0.05, 0) is 31.7 Å². The molecule has 2 heterocycles. The maximum absolute atomic E-state index is 12.6. The first kappa shape index (κ1) is 21.9. The lowest BCUT2D eigenvalue weighted by molar-refractivity contribution is -0.143. The zero-order chi connectivity index (χ0) is 20.9. The maximum Gasteiger partial charge on any atom is 0.401 e. The van der Waals surface area contributed by atoms with Crippen LogP contribution in [-0.2, 0) is 4.74 Å². The molecule has 2 aliphatic heterocycles. The van der Waals surface area contributed by atoms with Crippen LogP contribution in [0.5, 0.6) is 0 Å². The summed E-state index contributed by atoms with van der Waals surface area (Å²) in [5.41, 5.74) is 2.41. The molecule has 3 atom stereocenters. The normalized spacial score (nSPS) is 26.5. The Kier molecular flexibility index (Phi) is 7.40. The van der Waals surface area contributed by atoms with Gasteiger partial charge in [0.25, 0.3) is 0 Å². The monoisotopic (exact) mass is 412 g/mol. The van der Waals surface area contributed by atoms with Crippen LogP contribution in [0.25, 0.3) is 0 Å². The fourth-order valence-corrected chi connectivity index (χ4v) is 4.14. The van der Waals surface area contributed by atoms with Crippen LogP contribution >= 0.6 is 0 Å². The smallest absolute Gasteiger partial charge is 0.373 e. The fourth-order valence-electron chi connectivity index (χ4n) is 4.14. The van der Waals surface area contributed by atoms with Crippen LogP contribution in [-0.4, -0.2) is 62.9 Å². The highest BCUT2D eigenvalue weighted by Crippen LogP contribution is 2.33. The fraction of sp³-hybridized carbons (Fsp3) is 0.667. The van der Waals surface area contributed by atoms with Crippen LogP contribution in [0, 0.1) is 12.8 Å². The Morgan fingerprint density at radius 3 is 2.69 bits per heavy atom. The van der Waals surface area contributed by atoms with Crippen molar-refractivity contribution in [3.05, 3.63) is 35.4 Å². The van der Waals surface area contributed by atoms with Gasteiger partial charge in [-0.3, -0.25) is 9.89 Å². The first-order valence-electron chi connectivity index (χ1n) is 10.3.